The predicted molar refractivity (Wildman–Crippen MR) is 70.4 cm³/mol. The number of amides is 1. The summed E-state index contributed by atoms with van der Waals surface area (Å²) < 4.78 is 5.54. The van der Waals surface area contributed by atoms with E-state index in [-0.39, 0.29) is 18.0 Å². The third kappa shape index (κ3) is 2.58. The highest BCUT2D eigenvalue weighted by Crippen LogP contribution is 2.22. The van der Waals surface area contributed by atoms with Gasteiger partial charge in [0.05, 0.1) is 0 Å². The van der Waals surface area contributed by atoms with Crippen molar-refractivity contribution in [2.45, 2.75) is 51.6 Å². The third-order valence-corrected chi connectivity index (χ3v) is 3.64. The molecule has 18 heavy (non-hydrogen) atoms. The van der Waals surface area contributed by atoms with Gasteiger partial charge < -0.3 is 15.1 Å². The van der Waals surface area contributed by atoms with Crippen LogP contribution in [-0.2, 0) is 6.42 Å². The van der Waals surface area contributed by atoms with Gasteiger partial charge in [0.25, 0.3) is 5.91 Å². The van der Waals surface area contributed by atoms with Gasteiger partial charge in [-0.1, -0.05) is 6.92 Å². The second-order valence-corrected chi connectivity index (χ2v) is 5.04. The second-order valence-electron chi connectivity index (χ2n) is 5.04. The molecule has 0 spiro atoms. The zero-order valence-electron chi connectivity index (χ0n) is 11.2. The van der Waals surface area contributed by atoms with Gasteiger partial charge in [0.15, 0.2) is 5.76 Å². The van der Waals surface area contributed by atoms with Crippen molar-refractivity contribution in [2.24, 2.45) is 5.73 Å². The van der Waals surface area contributed by atoms with E-state index < -0.39 is 0 Å². The van der Waals surface area contributed by atoms with Crippen molar-refractivity contribution in [3.8, 4) is 0 Å². The molecule has 1 aliphatic rings. The zero-order chi connectivity index (χ0) is 13.1. The number of rotatable bonds is 3. The first-order chi connectivity index (χ1) is 8.63. The molecule has 0 aromatic carbocycles. The standard InChI is InChI=1S/C14H22N2O2/c1-3-11-7-8-13(18-11)14(17)16-9-5-4-6-12(16)10(2)15/h7-8,10,12H,3-6,9,15H2,1-2H3/t10-,12-/m0/s1. The molecule has 1 aromatic heterocycles. The number of nitrogens with two attached hydrogens (primary N) is 1. The average Bonchev–Trinajstić information content (AvgIpc) is 2.86. The fourth-order valence-electron chi connectivity index (χ4n) is 2.58. The van der Waals surface area contributed by atoms with Gasteiger partial charge in [-0.3, -0.25) is 4.79 Å². The average molecular weight is 250 g/mol. The Morgan fingerprint density at radius 2 is 2.33 bits per heavy atom. The molecule has 0 bridgehead atoms. The molecule has 1 aliphatic heterocycles. The van der Waals surface area contributed by atoms with Gasteiger partial charge in [0, 0.05) is 25.0 Å². The van der Waals surface area contributed by atoms with Crippen LogP contribution in [0.2, 0.25) is 0 Å². The highest BCUT2D eigenvalue weighted by atomic mass is 16.4. The number of nitrogens with zero attached hydrogens (tertiary/aromatic N) is 1. The minimum absolute atomic E-state index is 0.00913. The smallest absolute Gasteiger partial charge is 0.289 e. The first kappa shape index (κ1) is 13.1. The lowest BCUT2D eigenvalue weighted by Crippen LogP contribution is -2.51. The quantitative estimate of drug-likeness (QED) is 0.894. The van der Waals surface area contributed by atoms with Crippen molar-refractivity contribution in [1.29, 1.82) is 0 Å². The molecule has 0 radical (unpaired) electrons. The third-order valence-electron chi connectivity index (χ3n) is 3.64. The van der Waals surface area contributed by atoms with E-state index >= 15 is 0 Å². The number of hydrogen-bond acceptors (Lipinski definition) is 3. The molecule has 2 N–H and O–H groups in total. The molecule has 4 nitrogen and oxygen atoms in total. The molecule has 2 heterocycles. The molecular weight excluding hydrogens is 228 g/mol. The summed E-state index contributed by atoms with van der Waals surface area (Å²) in [5.74, 6) is 1.28. The molecule has 1 aromatic rings. The normalized spacial score (nSPS) is 21.9. The van der Waals surface area contributed by atoms with E-state index in [4.69, 9.17) is 10.2 Å². The molecule has 0 aliphatic carbocycles. The van der Waals surface area contributed by atoms with Crippen LogP contribution in [0, 0.1) is 0 Å². The van der Waals surface area contributed by atoms with Crippen LogP contribution in [0.3, 0.4) is 0 Å². The van der Waals surface area contributed by atoms with Crippen molar-refractivity contribution in [2.75, 3.05) is 6.54 Å². The molecule has 4 heteroatoms. The van der Waals surface area contributed by atoms with Gasteiger partial charge in [0.1, 0.15) is 5.76 Å². The first-order valence-corrected chi connectivity index (χ1v) is 6.78. The van der Waals surface area contributed by atoms with E-state index in [1.54, 1.807) is 6.07 Å². The minimum Gasteiger partial charge on any atom is -0.456 e. The second kappa shape index (κ2) is 5.57. The van der Waals surface area contributed by atoms with E-state index in [1.807, 2.05) is 24.8 Å². The topological polar surface area (TPSA) is 59.5 Å². The fraction of sp³-hybridized carbons (Fsp3) is 0.643. The Bertz CT molecular complexity index is 412. The molecular formula is C14H22N2O2. The monoisotopic (exact) mass is 250 g/mol. The number of carbonyl (C=O) groups excluding carboxylic acids is 1. The van der Waals surface area contributed by atoms with Crippen molar-refractivity contribution in [1.82, 2.24) is 4.90 Å². The minimum atomic E-state index is -0.0169. The van der Waals surface area contributed by atoms with E-state index in [1.165, 1.54) is 0 Å². The number of likely N-dealkylation sites (tertiary alicyclic amines) is 1. The number of piperidine rings is 1. The number of aryl methyl sites for hydroxylation is 1. The van der Waals surface area contributed by atoms with Gasteiger partial charge in [-0.15, -0.1) is 0 Å². The molecule has 100 valence electrons. The highest BCUT2D eigenvalue weighted by molar-refractivity contribution is 5.91. The van der Waals surface area contributed by atoms with Crippen molar-refractivity contribution in [3.05, 3.63) is 23.7 Å². The van der Waals surface area contributed by atoms with Gasteiger partial charge in [-0.2, -0.15) is 0 Å². The van der Waals surface area contributed by atoms with Crippen LogP contribution < -0.4 is 5.73 Å². The Hall–Kier alpha value is -1.29. The van der Waals surface area contributed by atoms with Crippen LogP contribution in [0.4, 0.5) is 0 Å². The summed E-state index contributed by atoms with van der Waals surface area (Å²) in [5.41, 5.74) is 5.98. The number of carbonyl (C=O) groups is 1. The van der Waals surface area contributed by atoms with Crippen LogP contribution in [0.1, 0.15) is 49.4 Å². The Morgan fingerprint density at radius 3 is 2.94 bits per heavy atom. The van der Waals surface area contributed by atoms with Crippen LogP contribution in [-0.4, -0.2) is 29.4 Å². The molecule has 0 unspecified atom stereocenters. The summed E-state index contributed by atoms with van der Waals surface area (Å²) in [6.45, 7) is 4.77. The molecule has 2 rings (SSSR count). The Kier molecular flexibility index (Phi) is 4.07. The van der Waals surface area contributed by atoms with Crippen LogP contribution in [0.5, 0.6) is 0 Å². The van der Waals surface area contributed by atoms with Gasteiger partial charge in [-0.05, 0) is 38.3 Å². The van der Waals surface area contributed by atoms with Gasteiger partial charge in [0.2, 0.25) is 0 Å². The predicted octanol–water partition coefficient (Wildman–Crippen LogP) is 2.18. The van der Waals surface area contributed by atoms with E-state index in [9.17, 15) is 4.79 Å². The van der Waals surface area contributed by atoms with Crippen LogP contribution in [0.15, 0.2) is 16.5 Å². The summed E-state index contributed by atoms with van der Waals surface area (Å²) in [4.78, 5) is 14.3. The summed E-state index contributed by atoms with van der Waals surface area (Å²) in [7, 11) is 0. The van der Waals surface area contributed by atoms with Crippen molar-refractivity contribution >= 4 is 5.91 Å². The highest BCUT2D eigenvalue weighted by Gasteiger charge is 2.31. The van der Waals surface area contributed by atoms with E-state index in [2.05, 4.69) is 0 Å². The summed E-state index contributed by atoms with van der Waals surface area (Å²) >= 11 is 0. The summed E-state index contributed by atoms with van der Waals surface area (Å²) in [6, 6.07) is 3.79. The Labute approximate surface area is 108 Å². The Morgan fingerprint density at radius 1 is 1.56 bits per heavy atom. The SMILES string of the molecule is CCc1ccc(C(=O)N2CCCC[C@H]2[C@H](C)N)o1. The largest absolute Gasteiger partial charge is 0.456 e. The van der Waals surface area contributed by atoms with Gasteiger partial charge in [-0.25, -0.2) is 0 Å². The molecule has 0 saturated carbocycles. The summed E-state index contributed by atoms with van der Waals surface area (Å²) in [6.07, 6.45) is 4.00. The molecule has 1 saturated heterocycles. The Balaban J connectivity index is 2.15. The maximum Gasteiger partial charge on any atom is 0.289 e. The maximum atomic E-state index is 12.4. The fourth-order valence-corrected chi connectivity index (χ4v) is 2.58. The van der Waals surface area contributed by atoms with E-state index in [0.29, 0.717) is 5.76 Å². The molecule has 1 fully saturated rings. The van der Waals surface area contributed by atoms with Crippen molar-refractivity contribution in [3.63, 3.8) is 0 Å². The summed E-state index contributed by atoms with van der Waals surface area (Å²) in [5, 5.41) is 0. The molecule has 1 amide bonds. The lowest BCUT2D eigenvalue weighted by atomic mass is 9.96. The van der Waals surface area contributed by atoms with Crippen molar-refractivity contribution < 1.29 is 9.21 Å². The van der Waals surface area contributed by atoms with E-state index in [0.717, 1.165) is 38.0 Å². The lowest BCUT2D eigenvalue weighted by molar-refractivity contribution is 0.0550. The first-order valence-electron chi connectivity index (χ1n) is 6.78. The lowest BCUT2D eigenvalue weighted by Gasteiger charge is -2.37. The maximum absolute atomic E-state index is 12.4. The number of furan rings is 1. The van der Waals surface area contributed by atoms with Crippen LogP contribution in [0.25, 0.3) is 0 Å². The van der Waals surface area contributed by atoms with Crippen LogP contribution >= 0.6 is 0 Å². The number of hydrogen-bond donors (Lipinski definition) is 1. The molecule has 2 atom stereocenters. The zero-order valence-corrected chi connectivity index (χ0v) is 11.2. The van der Waals surface area contributed by atoms with Gasteiger partial charge >= 0.3 is 0 Å².